The van der Waals surface area contributed by atoms with Gasteiger partial charge in [0.1, 0.15) is 6.10 Å². The number of ketones is 1. The first-order chi connectivity index (χ1) is 7.26. The maximum atomic E-state index is 11.0. The Kier molecular flexibility index (Phi) is 6.18. The monoisotopic (exact) mass is 278 g/mol. The van der Waals surface area contributed by atoms with E-state index in [-0.39, 0.29) is 23.1 Å². The summed E-state index contributed by atoms with van der Waals surface area (Å²) < 4.78 is 18.3. The summed E-state index contributed by atoms with van der Waals surface area (Å²) in [7, 11) is -5.51. The van der Waals surface area contributed by atoms with Crippen molar-refractivity contribution in [3.05, 3.63) is 0 Å². The Hall–Kier alpha value is -0.0638. The Morgan fingerprint density at radius 2 is 2.00 bits per heavy atom. The molecule has 0 aromatic heterocycles. The Morgan fingerprint density at radius 1 is 1.47 bits per heavy atom. The summed E-state index contributed by atoms with van der Waals surface area (Å²) in [6.07, 6.45) is -5.47. The third-order valence-corrected chi connectivity index (χ3v) is 2.30. The Bertz CT molecular complexity index is 351. The van der Waals surface area contributed by atoms with E-state index in [0.29, 0.717) is 0 Å². The van der Waals surface area contributed by atoms with Crippen LogP contribution in [0.4, 0.5) is 0 Å². The van der Waals surface area contributed by atoms with Crippen LogP contribution in [0.25, 0.3) is 0 Å². The number of aliphatic hydroxyl groups is 2. The maximum absolute atomic E-state index is 11.0. The quantitative estimate of drug-likeness (QED) is 0.224. The minimum Gasteiger partial charge on any atom is -0.790 e. The molecule has 0 saturated carbocycles. The van der Waals surface area contributed by atoms with Crippen molar-refractivity contribution in [1.82, 2.24) is 0 Å². The number of carbonyl (C=O) groups excluding carboxylic acids is 2. The summed E-state index contributed by atoms with van der Waals surface area (Å²) in [4.78, 5) is 42.4. The van der Waals surface area contributed by atoms with Crippen LogP contribution in [-0.4, -0.2) is 69.9 Å². The topological polar surface area (TPSA) is 156 Å². The minimum absolute atomic E-state index is 0. The van der Waals surface area contributed by atoms with E-state index in [4.69, 9.17) is 10.2 Å². The van der Waals surface area contributed by atoms with Crippen LogP contribution in [0.3, 0.4) is 0 Å². The normalized spacial score (nSPS) is 26.4. The van der Waals surface area contributed by atoms with Crippen LogP contribution in [0.1, 0.15) is 0 Å². The molecule has 17 heavy (non-hydrogen) atoms. The summed E-state index contributed by atoms with van der Waals surface area (Å²) in [6, 6.07) is 0. The van der Waals surface area contributed by atoms with Gasteiger partial charge in [-0.05, 0) is 0 Å². The van der Waals surface area contributed by atoms with E-state index in [2.05, 4.69) is 9.26 Å². The van der Waals surface area contributed by atoms with Gasteiger partial charge in [-0.2, -0.15) is 0 Å². The zero-order valence-corrected chi connectivity index (χ0v) is 10.7. The van der Waals surface area contributed by atoms with Gasteiger partial charge in [0.15, 0.2) is 12.2 Å². The van der Waals surface area contributed by atoms with Crippen molar-refractivity contribution in [2.24, 2.45) is 0 Å². The van der Waals surface area contributed by atoms with Crippen LogP contribution in [0.2, 0.25) is 0 Å². The zero-order chi connectivity index (χ0) is 12.5. The first kappa shape index (κ1) is 16.9. The molecule has 0 bridgehead atoms. The number of aliphatic hydroxyl groups excluding tert-OH is 2. The first-order valence-corrected chi connectivity index (χ1v) is 5.46. The minimum atomic E-state index is -5.51. The second-order valence-corrected chi connectivity index (χ2v) is 4.06. The van der Waals surface area contributed by atoms with Gasteiger partial charge in [0, 0.05) is 0 Å². The van der Waals surface area contributed by atoms with Gasteiger partial charge in [-0.3, -0.25) is 4.79 Å². The smallest absolute Gasteiger partial charge is 0.790 e. The van der Waals surface area contributed by atoms with Crippen LogP contribution in [0, 0.1) is 0 Å². The van der Waals surface area contributed by atoms with Gasteiger partial charge in [0.05, 0.1) is 14.4 Å². The summed E-state index contributed by atoms with van der Waals surface area (Å²) in [5.74, 6) is -2.83. The predicted octanol–water partition coefficient (Wildman–Crippen LogP) is -4.33. The number of Topliss-reactive ketones (excluding diaryl/α,β-unsaturated/α-hetero) is 1. The molecule has 2 unspecified atom stereocenters. The van der Waals surface area contributed by atoms with E-state index in [9.17, 15) is 23.9 Å². The third-order valence-electron chi connectivity index (χ3n) is 1.81. The van der Waals surface area contributed by atoms with Crippen molar-refractivity contribution in [3.63, 3.8) is 0 Å². The molecule has 0 amide bonds. The van der Waals surface area contributed by atoms with E-state index in [1.54, 1.807) is 0 Å². The number of ether oxygens (including phenoxy) is 1. The average molecular weight is 278 g/mol. The van der Waals surface area contributed by atoms with Gasteiger partial charge in [-0.1, -0.05) is 0 Å². The maximum Gasteiger partial charge on any atom is 2.00 e. The summed E-state index contributed by atoms with van der Waals surface area (Å²) in [5, 5.41) is 17.7. The van der Waals surface area contributed by atoms with Crippen molar-refractivity contribution in [2.75, 3.05) is 6.61 Å². The largest absolute Gasteiger partial charge is 2.00 e. The molecule has 1 saturated heterocycles. The van der Waals surface area contributed by atoms with E-state index in [1.807, 2.05) is 0 Å². The number of hydrogen-bond donors (Lipinski definition) is 2. The Morgan fingerprint density at radius 3 is 2.41 bits per heavy atom. The van der Waals surface area contributed by atoms with Crippen molar-refractivity contribution in [1.29, 1.82) is 0 Å². The van der Waals surface area contributed by atoms with E-state index < -0.39 is 44.5 Å². The molecule has 1 aliphatic heterocycles. The standard InChI is InChI=1S/C6H9O9P.Mg/c7-1-2(8)4-5(15-16(11,12)13)3(9)6(10)14-4;/h2,4-5,7-8H,1H2,(H2,11,12,13);/q;+2/p-2/t2?,4-,5?;/m1./s1. The van der Waals surface area contributed by atoms with Crippen LogP contribution in [0.15, 0.2) is 0 Å². The second kappa shape index (κ2) is 6.21. The van der Waals surface area contributed by atoms with Crippen molar-refractivity contribution in [2.45, 2.75) is 18.3 Å². The molecule has 0 radical (unpaired) electrons. The summed E-state index contributed by atoms with van der Waals surface area (Å²) in [5.41, 5.74) is 0. The van der Waals surface area contributed by atoms with Gasteiger partial charge in [0.2, 0.25) is 0 Å². The molecule has 9 nitrogen and oxygen atoms in total. The van der Waals surface area contributed by atoms with Crippen LogP contribution in [0.5, 0.6) is 0 Å². The number of rotatable bonds is 4. The molecule has 0 aromatic carbocycles. The summed E-state index contributed by atoms with van der Waals surface area (Å²) in [6.45, 7) is -0.896. The third kappa shape index (κ3) is 4.27. The van der Waals surface area contributed by atoms with Crippen molar-refractivity contribution >= 4 is 42.6 Å². The fourth-order valence-corrected chi connectivity index (χ4v) is 1.63. The molecule has 3 atom stereocenters. The van der Waals surface area contributed by atoms with Crippen LogP contribution >= 0.6 is 7.82 Å². The van der Waals surface area contributed by atoms with E-state index in [0.717, 1.165) is 0 Å². The predicted molar refractivity (Wildman–Crippen MR) is 46.2 cm³/mol. The molecule has 1 rings (SSSR count). The fourth-order valence-electron chi connectivity index (χ4n) is 1.14. The molecular weight excluding hydrogens is 271 g/mol. The zero-order valence-electron chi connectivity index (χ0n) is 8.35. The molecule has 1 heterocycles. The van der Waals surface area contributed by atoms with Gasteiger partial charge in [-0.15, -0.1) is 0 Å². The van der Waals surface area contributed by atoms with Gasteiger partial charge >= 0.3 is 29.0 Å². The Labute approximate surface area is 111 Å². The van der Waals surface area contributed by atoms with E-state index >= 15 is 0 Å². The summed E-state index contributed by atoms with van der Waals surface area (Å²) >= 11 is 0. The molecule has 0 aromatic rings. The first-order valence-electron chi connectivity index (χ1n) is 4.00. The number of phosphoric ester groups is 1. The average Bonchev–Trinajstić information content (AvgIpc) is 2.43. The SMILES string of the molecule is O=C1O[C@H](C(O)CO)C(OP(=O)([O-])[O-])C1=O.[Mg+2]. The number of esters is 1. The number of cyclic esters (lactones) is 1. The molecule has 1 fully saturated rings. The molecule has 0 aliphatic carbocycles. The van der Waals surface area contributed by atoms with Crippen LogP contribution in [-0.2, 0) is 23.4 Å². The van der Waals surface area contributed by atoms with E-state index in [1.165, 1.54) is 0 Å². The molecule has 92 valence electrons. The molecule has 2 N–H and O–H groups in total. The van der Waals surface area contributed by atoms with Gasteiger partial charge < -0.3 is 33.8 Å². The van der Waals surface area contributed by atoms with Gasteiger partial charge in [-0.25, -0.2) is 4.79 Å². The Balaban J connectivity index is 0.00000256. The van der Waals surface area contributed by atoms with Crippen molar-refractivity contribution < 1.29 is 43.4 Å². The van der Waals surface area contributed by atoms with Gasteiger partial charge in [0.25, 0.3) is 5.78 Å². The number of phosphoric acid groups is 1. The number of carbonyl (C=O) groups is 2. The van der Waals surface area contributed by atoms with Crippen LogP contribution < -0.4 is 9.79 Å². The molecule has 1 aliphatic rings. The molecule has 11 heteroatoms. The fraction of sp³-hybridized carbons (Fsp3) is 0.667. The molecular formula is C6H7MgO9P. The second-order valence-electron chi connectivity index (χ2n) is 2.96. The number of hydrogen-bond acceptors (Lipinski definition) is 9. The van der Waals surface area contributed by atoms with Crippen molar-refractivity contribution in [3.8, 4) is 0 Å². The molecule has 0 spiro atoms.